The maximum Gasteiger partial charge on any atom is 0.242 e. The number of piperidine rings is 1. The highest BCUT2D eigenvalue weighted by molar-refractivity contribution is 5.82. The molecule has 0 aliphatic carbocycles. The van der Waals surface area contributed by atoms with E-state index in [-0.39, 0.29) is 11.9 Å². The highest BCUT2D eigenvalue weighted by Crippen LogP contribution is 2.19. The smallest absolute Gasteiger partial charge is 0.242 e. The van der Waals surface area contributed by atoms with Crippen LogP contribution in [0.5, 0.6) is 0 Å². The number of hydrogen-bond donors (Lipinski definition) is 1. The van der Waals surface area contributed by atoms with Crippen LogP contribution in [0.15, 0.2) is 0 Å². The average Bonchev–Trinajstić information content (AvgIpc) is 2.56. The highest BCUT2D eigenvalue weighted by atomic mass is 16.5. The minimum absolute atomic E-state index is 0.138. The lowest BCUT2D eigenvalue weighted by atomic mass is 9.96. The minimum Gasteiger partial charge on any atom is -0.379 e. The van der Waals surface area contributed by atoms with E-state index < -0.39 is 0 Å². The van der Waals surface area contributed by atoms with Crippen LogP contribution in [0.1, 0.15) is 12.8 Å². The molecule has 0 aromatic carbocycles. The zero-order valence-electron chi connectivity index (χ0n) is 12.8. The number of carbonyl (C=O) groups excluding carboxylic acids is 1. The second-order valence-corrected chi connectivity index (χ2v) is 6.29. The van der Waals surface area contributed by atoms with Crippen molar-refractivity contribution in [3.63, 3.8) is 0 Å². The van der Waals surface area contributed by atoms with E-state index in [2.05, 4.69) is 10.2 Å². The van der Waals surface area contributed by atoms with E-state index in [1.54, 1.807) is 0 Å². The molecule has 0 radical (unpaired) electrons. The van der Waals surface area contributed by atoms with Gasteiger partial charge in [0.25, 0.3) is 0 Å². The number of nitrogens with one attached hydrogen (secondary N) is 1. The number of hydrogen-bond acceptors (Lipinski definition) is 5. The summed E-state index contributed by atoms with van der Waals surface area (Å²) in [6.07, 6.45) is 2.35. The lowest BCUT2D eigenvalue weighted by Crippen LogP contribution is -2.55. The molecule has 3 aliphatic heterocycles. The van der Waals surface area contributed by atoms with Crippen molar-refractivity contribution in [3.8, 4) is 0 Å². The lowest BCUT2D eigenvalue weighted by molar-refractivity contribution is -0.138. The van der Waals surface area contributed by atoms with Gasteiger partial charge in [-0.1, -0.05) is 0 Å². The van der Waals surface area contributed by atoms with Crippen LogP contribution in [0.3, 0.4) is 0 Å². The standard InChI is InChI=1S/C15H27N3O3/c19-15(14-12-21-7-3-16-14)18-4-1-2-13(11-18)10-17-5-8-20-9-6-17/h13-14,16H,1-12H2/t13-,14+/m1/s1. The fraction of sp³-hybridized carbons (Fsp3) is 0.933. The summed E-state index contributed by atoms with van der Waals surface area (Å²) < 4.78 is 10.8. The van der Waals surface area contributed by atoms with E-state index in [4.69, 9.17) is 9.47 Å². The summed E-state index contributed by atoms with van der Waals surface area (Å²) in [5.41, 5.74) is 0. The van der Waals surface area contributed by atoms with Crippen LogP contribution < -0.4 is 5.32 Å². The van der Waals surface area contributed by atoms with Crippen molar-refractivity contribution in [3.05, 3.63) is 0 Å². The molecule has 3 heterocycles. The van der Waals surface area contributed by atoms with Crippen LogP contribution >= 0.6 is 0 Å². The first-order valence-corrected chi connectivity index (χ1v) is 8.23. The van der Waals surface area contributed by atoms with Crippen molar-refractivity contribution in [1.82, 2.24) is 15.1 Å². The largest absolute Gasteiger partial charge is 0.379 e. The maximum atomic E-state index is 12.5. The zero-order valence-corrected chi connectivity index (χ0v) is 12.8. The van der Waals surface area contributed by atoms with Crippen molar-refractivity contribution < 1.29 is 14.3 Å². The quantitative estimate of drug-likeness (QED) is 0.764. The lowest BCUT2D eigenvalue weighted by Gasteiger charge is -2.38. The van der Waals surface area contributed by atoms with Crippen LogP contribution in [0.25, 0.3) is 0 Å². The Kier molecular flexibility index (Phi) is 5.46. The number of amides is 1. The van der Waals surface area contributed by atoms with Gasteiger partial charge in [0.1, 0.15) is 6.04 Å². The maximum absolute atomic E-state index is 12.5. The Morgan fingerprint density at radius 2 is 2.00 bits per heavy atom. The molecule has 0 aromatic rings. The summed E-state index contributed by atoms with van der Waals surface area (Å²) in [6, 6.07) is -0.138. The summed E-state index contributed by atoms with van der Waals surface area (Å²) in [6.45, 7) is 8.66. The van der Waals surface area contributed by atoms with Gasteiger partial charge in [-0.3, -0.25) is 9.69 Å². The number of nitrogens with zero attached hydrogens (tertiary/aromatic N) is 2. The molecule has 3 aliphatic rings. The SMILES string of the molecule is O=C([C@@H]1COCCN1)N1CCC[C@H](CN2CCOCC2)C1. The Morgan fingerprint density at radius 3 is 2.76 bits per heavy atom. The summed E-state index contributed by atoms with van der Waals surface area (Å²) in [7, 11) is 0. The van der Waals surface area contributed by atoms with Crippen molar-refractivity contribution >= 4 is 5.91 Å². The number of carbonyl (C=O) groups is 1. The summed E-state index contributed by atoms with van der Waals surface area (Å²) in [5.74, 6) is 0.826. The molecule has 3 fully saturated rings. The molecule has 21 heavy (non-hydrogen) atoms. The molecular formula is C15H27N3O3. The van der Waals surface area contributed by atoms with Gasteiger partial charge in [0, 0.05) is 39.3 Å². The number of ether oxygens (including phenoxy) is 2. The number of morpholine rings is 2. The Bertz CT molecular complexity index is 341. The first-order valence-electron chi connectivity index (χ1n) is 8.23. The van der Waals surface area contributed by atoms with Gasteiger partial charge in [-0.2, -0.15) is 0 Å². The monoisotopic (exact) mass is 297 g/mol. The third-order valence-electron chi connectivity index (χ3n) is 4.67. The van der Waals surface area contributed by atoms with E-state index in [1.807, 2.05) is 4.90 Å². The molecule has 1 amide bonds. The van der Waals surface area contributed by atoms with Crippen LogP contribution in [0.2, 0.25) is 0 Å². The molecular weight excluding hydrogens is 270 g/mol. The molecule has 3 saturated heterocycles. The Morgan fingerprint density at radius 1 is 1.14 bits per heavy atom. The van der Waals surface area contributed by atoms with Gasteiger partial charge in [-0.05, 0) is 18.8 Å². The summed E-state index contributed by atoms with van der Waals surface area (Å²) in [5, 5.41) is 3.27. The second-order valence-electron chi connectivity index (χ2n) is 6.29. The average molecular weight is 297 g/mol. The molecule has 120 valence electrons. The highest BCUT2D eigenvalue weighted by Gasteiger charge is 2.30. The summed E-state index contributed by atoms with van der Waals surface area (Å²) >= 11 is 0. The van der Waals surface area contributed by atoms with Crippen molar-refractivity contribution in [2.24, 2.45) is 5.92 Å². The first kappa shape index (κ1) is 15.2. The second kappa shape index (κ2) is 7.54. The predicted molar refractivity (Wildman–Crippen MR) is 79.2 cm³/mol. The van der Waals surface area contributed by atoms with E-state index in [0.717, 1.165) is 58.9 Å². The third-order valence-corrected chi connectivity index (χ3v) is 4.67. The predicted octanol–water partition coefficient (Wildman–Crippen LogP) is -0.454. The Balaban J connectivity index is 1.48. The Labute approximate surface area is 126 Å². The van der Waals surface area contributed by atoms with Gasteiger partial charge in [-0.15, -0.1) is 0 Å². The molecule has 0 spiro atoms. The van der Waals surface area contributed by atoms with Crippen LogP contribution in [-0.2, 0) is 14.3 Å². The fourth-order valence-corrected chi connectivity index (χ4v) is 3.51. The fourth-order valence-electron chi connectivity index (χ4n) is 3.51. The van der Waals surface area contributed by atoms with E-state index >= 15 is 0 Å². The molecule has 0 bridgehead atoms. The van der Waals surface area contributed by atoms with Gasteiger partial charge in [0.05, 0.1) is 26.4 Å². The minimum atomic E-state index is -0.138. The molecule has 0 aromatic heterocycles. The van der Waals surface area contributed by atoms with Gasteiger partial charge in [0.2, 0.25) is 5.91 Å². The third kappa shape index (κ3) is 4.16. The molecule has 6 nitrogen and oxygen atoms in total. The van der Waals surface area contributed by atoms with Gasteiger partial charge < -0.3 is 19.7 Å². The van der Waals surface area contributed by atoms with Crippen molar-refractivity contribution in [2.45, 2.75) is 18.9 Å². The van der Waals surface area contributed by atoms with Crippen molar-refractivity contribution in [1.29, 1.82) is 0 Å². The Hall–Kier alpha value is -0.690. The molecule has 3 rings (SSSR count). The van der Waals surface area contributed by atoms with Gasteiger partial charge >= 0.3 is 0 Å². The molecule has 6 heteroatoms. The topological polar surface area (TPSA) is 54.0 Å². The van der Waals surface area contributed by atoms with E-state index in [1.165, 1.54) is 6.42 Å². The van der Waals surface area contributed by atoms with Crippen LogP contribution in [0, 0.1) is 5.92 Å². The first-order chi connectivity index (χ1) is 10.3. The molecule has 2 atom stereocenters. The van der Waals surface area contributed by atoms with Crippen molar-refractivity contribution in [2.75, 3.05) is 65.7 Å². The number of likely N-dealkylation sites (tertiary alicyclic amines) is 1. The summed E-state index contributed by atoms with van der Waals surface area (Å²) in [4.78, 5) is 17.1. The van der Waals surface area contributed by atoms with Gasteiger partial charge in [-0.25, -0.2) is 0 Å². The van der Waals surface area contributed by atoms with Gasteiger partial charge in [0.15, 0.2) is 0 Å². The normalized spacial score (nSPS) is 32.1. The molecule has 1 N–H and O–H groups in total. The number of rotatable bonds is 3. The molecule has 0 unspecified atom stereocenters. The van der Waals surface area contributed by atoms with E-state index in [0.29, 0.717) is 19.1 Å². The molecule has 0 saturated carbocycles. The van der Waals surface area contributed by atoms with Crippen LogP contribution in [-0.4, -0.2) is 87.4 Å². The van der Waals surface area contributed by atoms with Crippen LogP contribution in [0.4, 0.5) is 0 Å². The van der Waals surface area contributed by atoms with E-state index in [9.17, 15) is 4.79 Å². The zero-order chi connectivity index (χ0) is 14.5.